The molecule has 1 aromatic carbocycles. The molecule has 8 heteroatoms. The zero-order chi connectivity index (χ0) is 23.9. The minimum Gasteiger partial charge on any atom is -0.465 e. The number of likely N-dealkylation sites (tertiary alicyclic amines) is 2. The van der Waals surface area contributed by atoms with Gasteiger partial charge in [-0.05, 0) is 75.8 Å². The molecular weight excluding hydrogens is 458 g/mol. The Bertz CT molecular complexity index is 1060. The van der Waals surface area contributed by atoms with Crippen molar-refractivity contribution < 1.29 is 14.7 Å². The molecular formula is C25H32ClN3O3S. The number of hydrogen-bond acceptors (Lipinski definition) is 4. The average molecular weight is 490 g/mol. The molecule has 2 unspecified atom stereocenters. The molecule has 0 radical (unpaired) electrons. The lowest BCUT2D eigenvalue weighted by Crippen LogP contribution is -2.35. The van der Waals surface area contributed by atoms with Gasteiger partial charge in [0.1, 0.15) is 0 Å². The highest BCUT2D eigenvalue weighted by molar-refractivity contribution is 7.12. The van der Waals surface area contributed by atoms with Gasteiger partial charge in [0.05, 0.1) is 5.56 Å². The minimum atomic E-state index is -0.961. The Morgan fingerprint density at radius 3 is 2.30 bits per heavy atom. The molecule has 1 N–H and O–H groups in total. The molecule has 0 spiro atoms. The number of carboxylic acid groups (broad SMARTS) is 1. The maximum Gasteiger partial charge on any atom is 0.411 e. The van der Waals surface area contributed by atoms with Crippen LogP contribution >= 0.6 is 22.9 Å². The number of carbonyl (C=O) groups excluding carboxylic acids is 1. The van der Waals surface area contributed by atoms with Gasteiger partial charge in [0.25, 0.3) is 5.91 Å². The van der Waals surface area contributed by atoms with Gasteiger partial charge in [0.15, 0.2) is 0 Å². The summed E-state index contributed by atoms with van der Waals surface area (Å²) in [6.07, 6.45) is -0.205. The van der Waals surface area contributed by atoms with Crippen LogP contribution in [0.25, 0.3) is 0 Å². The van der Waals surface area contributed by atoms with Crippen molar-refractivity contribution in [3.05, 3.63) is 49.7 Å². The van der Waals surface area contributed by atoms with Gasteiger partial charge >= 0.3 is 6.09 Å². The first-order chi connectivity index (χ1) is 15.7. The van der Waals surface area contributed by atoms with Crippen LogP contribution in [0.4, 0.5) is 10.5 Å². The van der Waals surface area contributed by atoms with Crippen molar-refractivity contribution in [3.63, 3.8) is 0 Å². The van der Waals surface area contributed by atoms with Crippen molar-refractivity contribution in [2.24, 2.45) is 11.8 Å². The Morgan fingerprint density at radius 1 is 1.09 bits per heavy atom. The molecule has 6 nitrogen and oxygen atoms in total. The van der Waals surface area contributed by atoms with Crippen LogP contribution in [0.5, 0.6) is 0 Å². The molecule has 3 heterocycles. The zero-order valence-corrected chi connectivity index (χ0v) is 21.3. The smallest absolute Gasteiger partial charge is 0.411 e. The van der Waals surface area contributed by atoms with Crippen molar-refractivity contribution >= 4 is 40.6 Å². The number of aryl methyl sites for hydroxylation is 3. The van der Waals surface area contributed by atoms with E-state index in [0.29, 0.717) is 29.1 Å². The number of carbonyl (C=O) groups is 2. The highest BCUT2D eigenvalue weighted by atomic mass is 35.5. The van der Waals surface area contributed by atoms with Crippen molar-refractivity contribution in [2.45, 2.75) is 34.1 Å². The van der Waals surface area contributed by atoms with Crippen LogP contribution in [0.1, 0.15) is 37.7 Å². The Hall–Kier alpha value is -2.09. The van der Waals surface area contributed by atoms with Gasteiger partial charge in [-0.3, -0.25) is 9.69 Å². The van der Waals surface area contributed by atoms with E-state index >= 15 is 0 Å². The number of anilines is 1. The topological polar surface area (TPSA) is 64.1 Å². The van der Waals surface area contributed by atoms with E-state index in [1.807, 2.05) is 24.8 Å². The summed E-state index contributed by atoms with van der Waals surface area (Å²) in [5.41, 5.74) is 3.57. The SMILES string of the molecule is Cc1ccc(N(CCCN2CC3CN(C(=O)c4c(C)sc(C)c4C)CC3C2)C(=O)O)cc1Cl. The maximum absolute atomic E-state index is 13.2. The quantitative estimate of drug-likeness (QED) is 0.604. The van der Waals surface area contributed by atoms with E-state index in [1.165, 1.54) is 9.78 Å². The highest BCUT2D eigenvalue weighted by Crippen LogP contribution is 2.34. The third kappa shape index (κ3) is 4.91. The fourth-order valence-electron chi connectivity index (χ4n) is 5.24. The van der Waals surface area contributed by atoms with Crippen LogP contribution in [0, 0.1) is 39.5 Å². The summed E-state index contributed by atoms with van der Waals surface area (Å²) in [6, 6.07) is 5.37. The lowest BCUT2D eigenvalue weighted by atomic mass is 10.0. The Kier molecular flexibility index (Phi) is 7.03. The normalized spacial score (nSPS) is 20.3. The molecule has 2 saturated heterocycles. The predicted octanol–water partition coefficient (Wildman–Crippen LogP) is 5.21. The van der Waals surface area contributed by atoms with E-state index < -0.39 is 6.09 Å². The summed E-state index contributed by atoms with van der Waals surface area (Å²) in [7, 11) is 0. The van der Waals surface area contributed by atoms with Gasteiger partial charge in [-0.1, -0.05) is 17.7 Å². The second-order valence-electron chi connectivity index (χ2n) is 9.43. The minimum absolute atomic E-state index is 0.184. The molecule has 2 aliphatic heterocycles. The second kappa shape index (κ2) is 9.65. The molecule has 33 heavy (non-hydrogen) atoms. The number of halogens is 1. The Morgan fingerprint density at radius 2 is 1.76 bits per heavy atom. The van der Waals surface area contributed by atoms with Gasteiger partial charge in [-0.15, -0.1) is 11.3 Å². The first-order valence-corrected chi connectivity index (χ1v) is 12.7. The average Bonchev–Trinajstić information content (AvgIpc) is 3.38. The molecule has 0 aliphatic carbocycles. The van der Waals surface area contributed by atoms with Crippen LogP contribution in [0.15, 0.2) is 18.2 Å². The van der Waals surface area contributed by atoms with Crippen molar-refractivity contribution in [1.29, 1.82) is 0 Å². The predicted molar refractivity (Wildman–Crippen MR) is 134 cm³/mol. The molecule has 0 saturated carbocycles. The third-order valence-corrected chi connectivity index (χ3v) is 8.71. The molecule has 0 bridgehead atoms. The monoisotopic (exact) mass is 489 g/mol. The third-order valence-electron chi connectivity index (χ3n) is 7.18. The Labute approximate surface area is 204 Å². The molecule has 2 fully saturated rings. The van der Waals surface area contributed by atoms with Crippen molar-refractivity contribution in [2.75, 3.05) is 44.2 Å². The number of thiophene rings is 1. The van der Waals surface area contributed by atoms with Crippen LogP contribution in [0.3, 0.4) is 0 Å². The largest absolute Gasteiger partial charge is 0.465 e. The first-order valence-electron chi connectivity index (χ1n) is 11.5. The van der Waals surface area contributed by atoms with E-state index in [9.17, 15) is 14.7 Å². The van der Waals surface area contributed by atoms with Crippen molar-refractivity contribution in [3.8, 4) is 0 Å². The zero-order valence-electron chi connectivity index (χ0n) is 19.7. The summed E-state index contributed by atoms with van der Waals surface area (Å²) in [5.74, 6) is 1.19. The van der Waals surface area contributed by atoms with E-state index in [2.05, 4.69) is 18.7 Å². The Balaban J connectivity index is 1.29. The molecule has 2 amide bonds. The molecule has 2 aliphatic rings. The van der Waals surface area contributed by atoms with Crippen LogP contribution < -0.4 is 4.90 Å². The van der Waals surface area contributed by atoms with Gasteiger partial charge < -0.3 is 14.9 Å². The second-order valence-corrected chi connectivity index (χ2v) is 11.3. The van der Waals surface area contributed by atoms with Crippen LogP contribution in [-0.4, -0.2) is 66.2 Å². The number of rotatable bonds is 6. The lowest BCUT2D eigenvalue weighted by molar-refractivity contribution is 0.0773. The fourth-order valence-corrected chi connectivity index (χ4v) is 6.47. The maximum atomic E-state index is 13.2. The summed E-state index contributed by atoms with van der Waals surface area (Å²) in [6.45, 7) is 12.9. The molecule has 4 rings (SSSR count). The fraction of sp³-hybridized carbons (Fsp3) is 0.520. The molecule has 2 aromatic rings. The van der Waals surface area contributed by atoms with Gasteiger partial charge in [0.2, 0.25) is 0 Å². The number of benzene rings is 1. The standard InChI is InChI=1S/C25H32ClN3O3S/c1-15-6-7-21(10-22(15)26)29(25(31)32)9-5-8-27-11-19-13-28(14-20(19)12-27)24(30)23-16(2)17(3)33-18(23)4/h6-7,10,19-20H,5,8-9,11-14H2,1-4H3,(H,31,32). The number of amides is 2. The molecule has 178 valence electrons. The first kappa shape index (κ1) is 24.0. The lowest BCUT2D eigenvalue weighted by Gasteiger charge is -2.24. The highest BCUT2D eigenvalue weighted by Gasteiger charge is 2.42. The summed E-state index contributed by atoms with van der Waals surface area (Å²) < 4.78 is 0. The molecule has 2 atom stereocenters. The van der Waals surface area contributed by atoms with Gasteiger partial charge in [-0.2, -0.15) is 0 Å². The van der Waals surface area contributed by atoms with Gasteiger partial charge in [-0.25, -0.2) is 4.79 Å². The number of hydrogen-bond donors (Lipinski definition) is 1. The summed E-state index contributed by atoms with van der Waals surface area (Å²) in [5, 5.41) is 10.2. The number of fused-ring (bicyclic) bond motifs is 1. The summed E-state index contributed by atoms with van der Waals surface area (Å²) in [4.78, 5) is 33.1. The number of nitrogens with zero attached hydrogens (tertiary/aromatic N) is 3. The summed E-state index contributed by atoms with van der Waals surface area (Å²) >= 11 is 7.90. The molecule has 1 aromatic heterocycles. The van der Waals surface area contributed by atoms with Crippen LogP contribution in [-0.2, 0) is 0 Å². The van der Waals surface area contributed by atoms with E-state index in [-0.39, 0.29) is 5.91 Å². The van der Waals surface area contributed by atoms with E-state index in [4.69, 9.17) is 11.6 Å². The van der Waals surface area contributed by atoms with Crippen molar-refractivity contribution in [1.82, 2.24) is 9.80 Å². The van der Waals surface area contributed by atoms with Crippen LogP contribution in [0.2, 0.25) is 5.02 Å². The van der Waals surface area contributed by atoms with Gasteiger partial charge in [0, 0.05) is 53.2 Å². The van der Waals surface area contributed by atoms with E-state index in [0.717, 1.165) is 60.7 Å². The van der Waals surface area contributed by atoms with E-state index in [1.54, 1.807) is 23.5 Å².